The Kier molecular flexibility index (Phi) is 8.00. The van der Waals surface area contributed by atoms with E-state index < -0.39 is 42.0 Å². The van der Waals surface area contributed by atoms with Crippen LogP contribution in [0.5, 0.6) is 0 Å². The van der Waals surface area contributed by atoms with E-state index in [1.165, 1.54) is 12.1 Å². The van der Waals surface area contributed by atoms with Crippen molar-refractivity contribution in [3.8, 4) is 0 Å². The summed E-state index contributed by atoms with van der Waals surface area (Å²) in [4.78, 5) is 52.0. The number of ether oxygens (including phenoxy) is 1. The number of rotatable bonds is 8. The molecule has 0 bridgehead atoms. The molecule has 0 spiro atoms. The van der Waals surface area contributed by atoms with Crippen molar-refractivity contribution in [1.82, 2.24) is 4.90 Å². The first-order valence-corrected chi connectivity index (χ1v) is 11.3. The summed E-state index contributed by atoms with van der Waals surface area (Å²) in [7, 11) is 0. The Bertz CT molecular complexity index is 1110. The second-order valence-electron chi connectivity index (χ2n) is 7.18. The van der Waals surface area contributed by atoms with E-state index in [2.05, 4.69) is 0 Å². The molecule has 0 fully saturated rings. The van der Waals surface area contributed by atoms with Crippen molar-refractivity contribution in [2.75, 3.05) is 6.61 Å². The second-order valence-corrected chi connectivity index (χ2v) is 8.69. The van der Waals surface area contributed by atoms with Gasteiger partial charge in [0.25, 0.3) is 11.8 Å². The summed E-state index contributed by atoms with van der Waals surface area (Å²) in [6, 6.07) is 3.37. The van der Waals surface area contributed by atoms with Crippen LogP contribution in [-0.4, -0.2) is 41.1 Å². The fourth-order valence-corrected chi connectivity index (χ4v) is 4.37. The van der Waals surface area contributed by atoms with Gasteiger partial charge in [-0.3, -0.25) is 19.3 Å². The van der Waals surface area contributed by atoms with Crippen molar-refractivity contribution >= 4 is 70.0 Å². The Balaban J connectivity index is 1.87. The van der Waals surface area contributed by atoms with Crippen molar-refractivity contribution in [3.05, 3.63) is 66.9 Å². The lowest BCUT2D eigenvalue weighted by Crippen LogP contribution is -2.46. The molecule has 6 nitrogen and oxygen atoms in total. The highest BCUT2D eigenvalue weighted by Crippen LogP contribution is 2.45. The Morgan fingerprint density at radius 2 is 1.45 bits per heavy atom. The van der Waals surface area contributed by atoms with Gasteiger partial charge in [0, 0.05) is 5.56 Å². The molecule has 1 atom stereocenters. The molecule has 1 unspecified atom stereocenters. The van der Waals surface area contributed by atoms with Crippen LogP contribution >= 0.6 is 46.4 Å². The molecule has 33 heavy (non-hydrogen) atoms. The highest BCUT2D eigenvalue weighted by atomic mass is 35.5. The number of halogens is 5. The van der Waals surface area contributed by atoms with Crippen LogP contribution in [0, 0.1) is 5.82 Å². The molecule has 2 amide bonds. The topological polar surface area (TPSA) is 80.8 Å². The first kappa shape index (κ1) is 25.4. The molecule has 0 N–H and O–H groups in total. The van der Waals surface area contributed by atoms with Gasteiger partial charge in [-0.05, 0) is 30.7 Å². The normalized spacial score (nSPS) is 13.8. The molecule has 0 saturated heterocycles. The van der Waals surface area contributed by atoms with Crippen molar-refractivity contribution in [2.45, 2.75) is 32.2 Å². The Hall–Kier alpha value is -2.19. The summed E-state index contributed by atoms with van der Waals surface area (Å²) in [5, 5.41) is -0.891. The number of unbranched alkanes of at least 4 members (excludes halogenated alkanes) is 1. The lowest BCUT2D eigenvalue weighted by atomic mass is 10.1. The Morgan fingerprint density at radius 3 is 1.94 bits per heavy atom. The molecule has 2 aromatic rings. The van der Waals surface area contributed by atoms with Crippen molar-refractivity contribution < 1.29 is 28.3 Å². The lowest BCUT2D eigenvalue weighted by Gasteiger charge is -2.24. The molecule has 0 radical (unpaired) electrons. The predicted molar refractivity (Wildman–Crippen MR) is 122 cm³/mol. The minimum Gasteiger partial charge on any atom is -0.456 e. The molecular weight excluding hydrogens is 519 g/mol. The number of imide groups is 1. The third-order valence-corrected chi connectivity index (χ3v) is 6.86. The van der Waals surface area contributed by atoms with Gasteiger partial charge in [0.05, 0.1) is 31.2 Å². The molecule has 0 aliphatic carbocycles. The monoisotopic (exact) mass is 533 g/mol. The van der Waals surface area contributed by atoms with Gasteiger partial charge < -0.3 is 4.74 Å². The number of carbonyl (C=O) groups is 4. The maximum atomic E-state index is 13.1. The number of nitrogens with zero attached hydrogens (tertiary/aromatic N) is 1. The summed E-state index contributed by atoms with van der Waals surface area (Å²) in [6.07, 6.45) is 1.21. The number of carbonyl (C=O) groups excluding carboxylic acids is 4. The van der Waals surface area contributed by atoms with E-state index in [4.69, 9.17) is 51.1 Å². The summed E-state index contributed by atoms with van der Waals surface area (Å²) in [5.41, 5.74) is -0.367. The minimum absolute atomic E-state index is 0.0856. The molecular formula is C22H16Cl4FNO5. The van der Waals surface area contributed by atoms with E-state index >= 15 is 0 Å². The van der Waals surface area contributed by atoms with Gasteiger partial charge in [-0.2, -0.15) is 0 Å². The third kappa shape index (κ3) is 4.87. The van der Waals surface area contributed by atoms with Gasteiger partial charge in [0.15, 0.2) is 12.4 Å². The summed E-state index contributed by atoms with van der Waals surface area (Å²) < 4.78 is 18.2. The van der Waals surface area contributed by atoms with Gasteiger partial charge >= 0.3 is 5.97 Å². The smallest absolute Gasteiger partial charge is 0.329 e. The van der Waals surface area contributed by atoms with E-state index in [-0.39, 0.29) is 43.2 Å². The molecule has 11 heteroatoms. The van der Waals surface area contributed by atoms with Crippen molar-refractivity contribution in [3.63, 3.8) is 0 Å². The van der Waals surface area contributed by atoms with Gasteiger partial charge in [-0.25, -0.2) is 9.18 Å². The quantitative estimate of drug-likeness (QED) is 0.136. The van der Waals surface area contributed by atoms with E-state index in [9.17, 15) is 23.6 Å². The van der Waals surface area contributed by atoms with E-state index in [0.29, 0.717) is 17.7 Å². The van der Waals surface area contributed by atoms with Crippen LogP contribution in [0.25, 0.3) is 0 Å². The minimum atomic E-state index is -1.33. The molecule has 174 valence electrons. The summed E-state index contributed by atoms with van der Waals surface area (Å²) in [6.45, 7) is 1.20. The summed E-state index contributed by atoms with van der Waals surface area (Å²) >= 11 is 24.3. The van der Waals surface area contributed by atoms with Crippen LogP contribution < -0.4 is 0 Å². The molecule has 3 rings (SSSR count). The third-order valence-electron chi connectivity index (χ3n) is 5.06. The number of Topliss-reactive ketones (excluding diaryl/α,β-unsaturated/α-hetero) is 1. The van der Waals surface area contributed by atoms with Crippen molar-refractivity contribution in [1.29, 1.82) is 0 Å². The van der Waals surface area contributed by atoms with E-state index in [1.54, 1.807) is 0 Å². The highest BCUT2D eigenvalue weighted by Gasteiger charge is 2.47. The molecule has 1 heterocycles. The zero-order valence-electron chi connectivity index (χ0n) is 17.1. The number of fused-ring (bicyclic) bond motifs is 1. The number of hydrogen-bond acceptors (Lipinski definition) is 5. The standard InChI is InChI=1S/C22H16Cl4FNO5/c1-2-3-4-12(22(32)33-9-13(29)10-5-7-11(27)8-6-10)28-20(30)14-15(21(28)31)17(24)19(26)18(25)16(14)23/h5-8,12H,2-4,9H2,1H3. The zero-order valence-corrected chi connectivity index (χ0v) is 20.1. The molecule has 1 aliphatic rings. The molecule has 0 aromatic heterocycles. The SMILES string of the molecule is CCCCC(C(=O)OCC(=O)c1ccc(F)cc1)N1C(=O)c2c(Cl)c(Cl)c(Cl)c(Cl)c2C1=O. The Labute approximate surface area is 208 Å². The maximum absolute atomic E-state index is 13.1. The van der Waals surface area contributed by atoms with Crippen LogP contribution in [-0.2, 0) is 9.53 Å². The van der Waals surface area contributed by atoms with Gasteiger partial charge in [-0.15, -0.1) is 0 Å². The molecule has 0 saturated carbocycles. The first-order chi connectivity index (χ1) is 15.6. The first-order valence-electron chi connectivity index (χ1n) is 9.79. The van der Waals surface area contributed by atoms with Crippen LogP contribution in [0.4, 0.5) is 4.39 Å². The average Bonchev–Trinajstić information content (AvgIpc) is 3.05. The van der Waals surface area contributed by atoms with Crippen LogP contribution in [0.15, 0.2) is 24.3 Å². The van der Waals surface area contributed by atoms with Crippen LogP contribution in [0.3, 0.4) is 0 Å². The predicted octanol–water partition coefficient (Wildman–Crippen LogP) is 6.02. The van der Waals surface area contributed by atoms with E-state index in [0.717, 1.165) is 12.1 Å². The maximum Gasteiger partial charge on any atom is 0.329 e. The van der Waals surface area contributed by atoms with Gasteiger partial charge in [0.2, 0.25) is 0 Å². The van der Waals surface area contributed by atoms with Crippen LogP contribution in [0.2, 0.25) is 20.1 Å². The number of hydrogen-bond donors (Lipinski definition) is 0. The molecule has 2 aromatic carbocycles. The van der Waals surface area contributed by atoms with Gasteiger partial charge in [-0.1, -0.05) is 66.2 Å². The van der Waals surface area contributed by atoms with Crippen molar-refractivity contribution in [2.24, 2.45) is 0 Å². The Morgan fingerprint density at radius 1 is 0.939 bits per heavy atom. The fourth-order valence-electron chi connectivity index (χ4n) is 3.35. The average molecular weight is 535 g/mol. The number of amides is 2. The van der Waals surface area contributed by atoms with E-state index in [1.807, 2.05) is 6.92 Å². The summed E-state index contributed by atoms with van der Waals surface area (Å²) in [5.74, 6) is -3.81. The van der Waals surface area contributed by atoms with Gasteiger partial charge in [0.1, 0.15) is 11.9 Å². The number of ketones is 1. The van der Waals surface area contributed by atoms with Crippen LogP contribution in [0.1, 0.15) is 57.3 Å². The lowest BCUT2D eigenvalue weighted by molar-refractivity contribution is -0.147. The number of benzene rings is 2. The zero-order chi connectivity index (χ0) is 24.4. The molecule has 1 aliphatic heterocycles. The fraction of sp³-hybridized carbons (Fsp3) is 0.273. The number of esters is 1. The largest absolute Gasteiger partial charge is 0.456 e. The second kappa shape index (κ2) is 10.4. The highest BCUT2D eigenvalue weighted by molar-refractivity contribution is 6.55.